The van der Waals surface area contributed by atoms with Crippen molar-refractivity contribution < 1.29 is 24.2 Å². The Kier molecular flexibility index (Phi) is 6.80. The molecular weight excluding hydrogens is 657 g/mol. The van der Waals surface area contributed by atoms with Crippen LogP contribution in [-0.2, 0) is 16.1 Å². The molecule has 1 heterocycles. The van der Waals surface area contributed by atoms with Crippen LogP contribution in [0.15, 0.2) is 58.6 Å². The minimum absolute atomic E-state index is 0.0636. The van der Waals surface area contributed by atoms with Gasteiger partial charge in [0.2, 0.25) is 0 Å². The summed E-state index contributed by atoms with van der Waals surface area (Å²) in [6.07, 6.45) is 0. The first-order valence-electron chi connectivity index (χ1n) is 11.1. The number of allylic oxidation sites excluding steroid dienone is 2. The SMILES string of the molecule is O=C(c1cccc([N+](=O)[O-])c1)N(Cc1ccccc1[N+](=O)[O-])N1C(=O)[C@@H]2[C@@H](C1=O)[C@@]1(Cl)C(Cl)=C(Cl)[C@@]2(Cl)C1(Cl)Cl. The molecule has 0 unspecified atom stereocenters. The fourth-order valence-electron chi connectivity index (χ4n) is 5.34. The van der Waals surface area contributed by atoms with Gasteiger partial charge in [0.1, 0.15) is 9.75 Å². The molecule has 1 saturated carbocycles. The van der Waals surface area contributed by atoms with E-state index in [0.29, 0.717) is 10.0 Å². The van der Waals surface area contributed by atoms with Crippen LogP contribution in [0.1, 0.15) is 15.9 Å². The number of amides is 3. The smallest absolute Gasteiger partial charge is 0.272 e. The highest BCUT2D eigenvalue weighted by Gasteiger charge is 2.88. The van der Waals surface area contributed by atoms with Crippen LogP contribution in [0.25, 0.3) is 0 Å². The molecule has 2 bridgehead atoms. The molecule has 1 aliphatic heterocycles. The summed E-state index contributed by atoms with van der Waals surface area (Å²) in [5.41, 5.74) is -1.24. The number of nitro groups is 2. The molecular formula is C23H12Cl6N4O7. The quantitative estimate of drug-likeness (QED) is 0.171. The van der Waals surface area contributed by atoms with Gasteiger partial charge in [-0.1, -0.05) is 70.7 Å². The monoisotopic (exact) mass is 666 g/mol. The molecule has 1 saturated heterocycles. The zero-order chi connectivity index (χ0) is 29.5. The molecule has 40 heavy (non-hydrogen) atoms. The lowest BCUT2D eigenvalue weighted by atomic mass is 9.84. The highest BCUT2D eigenvalue weighted by Crippen LogP contribution is 2.77. The van der Waals surface area contributed by atoms with Crippen LogP contribution in [0.5, 0.6) is 0 Å². The summed E-state index contributed by atoms with van der Waals surface area (Å²) in [5, 5.41) is 23.4. The van der Waals surface area contributed by atoms with Gasteiger partial charge >= 0.3 is 0 Å². The summed E-state index contributed by atoms with van der Waals surface area (Å²) in [5.74, 6) is -6.42. The van der Waals surface area contributed by atoms with E-state index in [9.17, 15) is 34.6 Å². The number of halogens is 6. The third kappa shape index (κ3) is 3.55. The second-order valence-corrected chi connectivity index (χ2v) is 12.4. The molecule has 3 amide bonds. The fourth-order valence-corrected chi connectivity index (χ4v) is 8.27. The first-order valence-corrected chi connectivity index (χ1v) is 13.4. The molecule has 4 atom stereocenters. The number of hydrogen-bond donors (Lipinski definition) is 0. The predicted molar refractivity (Wildman–Crippen MR) is 145 cm³/mol. The van der Waals surface area contributed by atoms with Gasteiger partial charge in [-0.2, -0.15) is 5.01 Å². The van der Waals surface area contributed by atoms with Crippen LogP contribution in [0, 0.1) is 32.1 Å². The summed E-state index contributed by atoms with van der Waals surface area (Å²) in [6.45, 7) is -0.679. The molecule has 2 aromatic rings. The van der Waals surface area contributed by atoms with E-state index in [1.807, 2.05) is 0 Å². The van der Waals surface area contributed by atoms with E-state index in [4.69, 9.17) is 69.6 Å². The molecule has 0 aromatic heterocycles. The zero-order valence-corrected chi connectivity index (χ0v) is 23.9. The van der Waals surface area contributed by atoms with Crippen LogP contribution in [-0.4, -0.2) is 51.7 Å². The number of fused-ring (bicyclic) bond motifs is 5. The van der Waals surface area contributed by atoms with E-state index >= 15 is 0 Å². The number of benzene rings is 2. The predicted octanol–water partition coefficient (Wildman–Crippen LogP) is 5.51. The topological polar surface area (TPSA) is 144 Å². The largest absolute Gasteiger partial charge is 0.274 e. The zero-order valence-electron chi connectivity index (χ0n) is 19.4. The van der Waals surface area contributed by atoms with E-state index in [-0.39, 0.29) is 21.2 Å². The number of carbonyl (C=O) groups excluding carboxylic acids is 3. The van der Waals surface area contributed by atoms with Crippen molar-refractivity contribution in [2.75, 3.05) is 0 Å². The number of carbonyl (C=O) groups is 3. The van der Waals surface area contributed by atoms with Gasteiger partial charge in [0.25, 0.3) is 29.1 Å². The number of nitrogens with zero attached hydrogens (tertiary/aromatic N) is 4. The van der Waals surface area contributed by atoms with Gasteiger partial charge < -0.3 is 0 Å². The normalized spacial score (nSPS) is 28.2. The van der Waals surface area contributed by atoms with Crippen LogP contribution in [0.3, 0.4) is 0 Å². The molecule has 2 aromatic carbocycles. The van der Waals surface area contributed by atoms with Crippen LogP contribution in [0.2, 0.25) is 0 Å². The molecule has 208 valence electrons. The summed E-state index contributed by atoms with van der Waals surface area (Å²) in [6, 6.07) is 9.78. The molecule has 2 aliphatic carbocycles. The van der Waals surface area contributed by atoms with Gasteiger partial charge in [-0.3, -0.25) is 34.6 Å². The average Bonchev–Trinajstić information content (AvgIpc) is 3.30. The van der Waals surface area contributed by atoms with Gasteiger partial charge in [0.15, 0.2) is 4.33 Å². The number of nitro benzene ring substituents is 2. The van der Waals surface area contributed by atoms with Crippen molar-refractivity contribution in [1.82, 2.24) is 10.0 Å². The molecule has 0 N–H and O–H groups in total. The first kappa shape index (κ1) is 28.8. The average molecular weight is 669 g/mol. The fraction of sp³-hybridized carbons (Fsp3) is 0.261. The second kappa shape index (κ2) is 9.43. The highest BCUT2D eigenvalue weighted by molar-refractivity contribution is 6.66. The van der Waals surface area contributed by atoms with Crippen LogP contribution >= 0.6 is 69.6 Å². The molecule has 2 fully saturated rings. The molecule has 3 aliphatic rings. The summed E-state index contributed by atoms with van der Waals surface area (Å²) in [7, 11) is 0. The number of non-ortho nitro benzene ring substituents is 1. The summed E-state index contributed by atoms with van der Waals surface area (Å²) < 4.78 is -2.23. The Morgan fingerprint density at radius 3 is 1.95 bits per heavy atom. The molecule has 11 nitrogen and oxygen atoms in total. The van der Waals surface area contributed by atoms with Crippen molar-refractivity contribution in [1.29, 1.82) is 0 Å². The van der Waals surface area contributed by atoms with Gasteiger partial charge in [-0.25, -0.2) is 5.01 Å². The third-order valence-corrected chi connectivity index (χ3v) is 11.4. The third-order valence-electron chi connectivity index (χ3n) is 7.17. The minimum Gasteiger partial charge on any atom is -0.272 e. The number of imide groups is 1. The maximum absolute atomic E-state index is 13.9. The van der Waals surface area contributed by atoms with Gasteiger partial charge in [0, 0.05) is 23.8 Å². The molecule has 5 rings (SSSR count). The number of alkyl halides is 4. The van der Waals surface area contributed by atoms with E-state index < -0.39 is 71.4 Å². The maximum Gasteiger partial charge on any atom is 0.274 e. The Labute approximate surface area is 254 Å². The Bertz CT molecular complexity index is 1540. The lowest BCUT2D eigenvalue weighted by Crippen LogP contribution is -2.55. The van der Waals surface area contributed by atoms with Crippen molar-refractivity contribution in [3.8, 4) is 0 Å². The Balaban J connectivity index is 1.66. The van der Waals surface area contributed by atoms with E-state index in [0.717, 1.165) is 18.2 Å². The number of rotatable bonds is 6. The molecule has 0 radical (unpaired) electrons. The summed E-state index contributed by atoms with van der Waals surface area (Å²) in [4.78, 5) is 58.9. The highest BCUT2D eigenvalue weighted by atomic mass is 35.5. The van der Waals surface area contributed by atoms with E-state index in [2.05, 4.69) is 0 Å². The molecule has 17 heteroatoms. The Morgan fingerprint density at radius 2 is 1.43 bits per heavy atom. The van der Waals surface area contributed by atoms with Gasteiger partial charge in [0.05, 0.1) is 43.9 Å². The van der Waals surface area contributed by atoms with Crippen molar-refractivity contribution in [2.24, 2.45) is 11.8 Å². The second-order valence-electron chi connectivity index (χ2n) is 9.13. The van der Waals surface area contributed by atoms with E-state index in [1.54, 1.807) is 0 Å². The Morgan fingerprint density at radius 1 is 0.875 bits per heavy atom. The lowest BCUT2D eigenvalue weighted by Gasteiger charge is -2.37. The summed E-state index contributed by atoms with van der Waals surface area (Å²) >= 11 is 39.2. The van der Waals surface area contributed by atoms with Crippen molar-refractivity contribution in [3.63, 3.8) is 0 Å². The first-order chi connectivity index (χ1) is 18.6. The number of para-hydroxylation sites is 1. The van der Waals surface area contributed by atoms with Crippen LogP contribution in [0.4, 0.5) is 11.4 Å². The number of hydrazine groups is 1. The van der Waals surface area contributed by atoms with Gasteiger partial charge in [-0.15, -0.1) is 23.2 Å². The van der Waals surface area contributed by atoms with E-state index in [1.165, 1.54) is 30.3 Å². The maximum atomic E-state index is 13.9. The van der Waals surface area contributed by atoms with Gasteiger partial charge in [-0.05, 0) is 6.07 Å². The van der Waals surface area contributed by atoms with Crippen molar-refractivity contribution >= 4 is 98.7 Å². The number of hydrogen-bond acceptors (Lipinski definition) is 7. The molecule has 0 spiro atoms. The Hall–Kier alpha value is -2.67. The van der Waals surface area contributed by atoms with Crippen molar-refractivity contribution in [2.45, 2.75) is 20.6 Å². The minimum atomic E-state index is -2.23. The lowest BCUT2D eigenvalue weighted by molar-refractivity contribution is -0.385. The van der Waals surface area contributed by atoms with Crippen LogP contribution < -0.4 is 0 Å². The van der Waals surface area contributed by atoms with Crippen molar-refractivity contribution in [3.05, 3.63) is 90.0 Å². The standard InChI is InChI=1S/C23H12Cl6N4O7/c24-16-17(25)22(27)15-14(21(16,26)23(22,28)29)19(35)31(20(15)36)30(9-11-4-1-2-7-13(11)33(39)40)18(34)10-5-3-6-12(8-10)32(37)38/h1-8,14-15H,9H2/t14-,15-,21+,22+/m0/s1.